The van der Waals surface area contributed by atoms with Crippen molar-refractivity contribution >= 4 is 0 Å². The van der Waals surface area contributed by atoms with E-state index in [1.807, 2.05) is 18.2 Å². The summed E-state index contributed by atoms with van der Waals surface area (Å²) in [5.74, 6) is 0. The van der Waals surface area contributed by atoms with Crippen LogP contribution >= 0.6 is 0 Å². The number of rotatable bonds is 4. The molecular formula is C11H17NO. The van der Waals surface area contributed by atoms with E-state index >= 15 is 0 Å². The van der Waals surface area contributed by atoms with Crippen molar-refractivity contribution < 1.29 is 5.11 Å². The highest BCUT2D eigenvalue weighted by molar-refractivity contribution is 5.14. The normalized spacial score (nSPS) is 15.3. The van der Waals surface area contributed by atoms with Crippen LogP contribution in [0.5, 0.6) is 0 Å². The van der Waals surface area contributed by atoms with Gasteiger partial charge >= 0.3 is 0 Å². The molecule has 13 heavy (non-hydrogen) atoms. The SMILES string of the molecule is CC(O)C(N)CCc1ccccc1. The van der Waals surface area contributed by atoms with E-state index in [1.54, 1.807) is 6.92 Å². The fourth-order valence-electron chi connectivity index (χ4n) is 1.22. The first kappa shape index (κ1) is 10.2. The van der Waals surface area contributed by atoms with E-state index in [-0.39, 0.29) is 6.04 Å². The molecule has 0 aliphatic rings. The number of nitrogens with two attached hydrogens (primary N) is 1. The highest BCUT2D eigenvalue weighted by Gasteiger charge is 2.08. The van der Waals surface area contributed by atoms with E-state index in [1.165, 1.54) is 5.56 Å². The molecule has 2 unspecified atom stereocenters. The first-order valence-corrected chi connectivity index (χ1v) is 4.67. The summed E-state index contributed by atoms with van der Waals surface area (Å²) >= 11 is 0. The van der Waals surface area contributed by atoms with Crippen molar-refractivity contribution in [2.24, 2.45) is 5.73 Å². The van der Waals surface area contributed by atoms with Gasteiger partial charge in [-0.15, -0.1) is 0 Å². The van der Waals surface area contributed by atoms with E-state index in [0.717, 1.165) is 12.8 Å². The Labute approximate surface area is 79.4 Å². The van der Waals surface area contributed by atoms with Crippen LogP contribution in [0.1, 0.15) is 18.9 Å². The molecule has 72 valence electrons. The fraction of sp³-hybridized carbons (Fsp3) is 0.455. The van der Waals surface area contributed by atoms with Crippen LogP contribution in [0.4, 0.5) is 0 Å². The zero-order chi connectivity index (χ0) is 9.68. The van der Waals surface area contributed by atoms with Gasteiger partial charge in [0.1, 0.15) is 0 Å². The average Bonchev–Trinajstić information content (AvgIpc) is 2.15. The molecule has 2 heteroatoms. The number of hydrogen-bond donors (Lipinski definition) is 2. The summed E-state index contributed by atoms with van der Waals surface area (Å²) in [6.45, 7) is 1.73. The van der Waals surface area contributed by atoms with E-state index in [4.69, 9.17) is 5.73 Å². The van der Waals surface area contributed by atoms with Crippen molar-refractivity contribution in [1.29, 1.82) is 0 Å². The lowest BCUT2D eigenvalue weighted by molar-refractivity contribution is 0.159. The summed E-state index contributed by atoms with van der Waals surface area (Å²) in [5.41, 5.74) is 6.99. The standard InChI is InChI=1S/C11H17NO/c1-9(13)11(12)8-7-10-5-3-2-4-6-10/h2-6,9,11,13H,7-8,12H2,1H3. The molecule has 2 nitrogen and oxygen atoms in total. The summed E-state index contributed by atoms with van der Waals surface area (Å²) in [4.78, 5) is 0. The Bertz CT molecular complexity index is 233. The van der Waals surface area contributed by atoms with Gasteiger partial charge in [-0.1, -0.05) is 30.3 Å². The summed E-state index contributed by atoms with van der Waals surface area (Å²) < 4.78 is 0. The van der Waals surface area contributed by atoms with Gasteiger partial charge in [-0.2, -0.15) is 0 Å². The minimum atomic E-state index is -0.413. The third-order valence-electron chi connectivity index (χ3n) is 2.23. The van der Waals surface area contributed by atoms with E-state index in [2.05, 4.69) is 12.1 Å². The number of aliphatic hydroxyl groups is 1. The predicted molar refractivity (Wildman–Crippen MR) is 54.4 cm³/mol. The quantitative estimate of drug-likeness (QED) is 0.732. The number of hydrogen-bond acceptors (Lipinski definition) is 2. The monoisotopic (exact) mass is 179 g/mol. The molecule has 3 N–H and O–H groups in total. The van der Waals surface area contributed by atoms with E-state index in [9.17, 15) is 5.11 Å². The molecule has 0 aliphatic carbocycles. The van der Waals surface area contributed by atoms with Crippen LogP contribution in [-0.2, 0) is 6.42 Å². The smallest absolute Gasteiger partial charge is 0.0663 e. The molecule has 0 fully saturated rings. The van der Waals surface area contributed by atoms with Crippen molar-refractivity contribution in [3.05, 3.63) is 35.9 Å². The van der Waals surface area contributed by atoms with Gasteiger partial charge in [-0.3, -0.25) is 0 Å². The van der Waals surface area contributed by atoms with Gasteiger partial charge in [0.05, 0.1) is 6.10 Å². The zero-order valence-electron chi connectivity index (χ0n) is 7.98. The van der Waals surface area contributed by atoms with Gasteiger partial charge in [-0.25, -0.2) is 0 Å². The Morgan fingerprint density at radius 1 is 1.31 bits per heavy atom. The first-order valence-electron chi connectivity index (χ1n) is 4.67. The van der Waals surface area contributed by atoms with Gasteiger partial charge in [0.15, 0.2) is 0 Å². The molecule has 1 rings (SSSR count). The molecule has 0 aliphatic heterocycles. The van der Waals surface area contributed by atoms with Crippen molar-refractivity contribution in [1.82, 2.24) is 0 Å². The van der Waals surface area contributed by atoms with Crippen LogP contribution in [0.15, 0.2) is 30.3 Å². The van der Waals surface area contributed by atoms with E-state index in [0.29, 0.717) is 0 Å². The van der Waals surface area contributed by atoms with E-state index < -0.39 is 6.10 Å². The minimum absolute atomic E-state index is 0.111. The first-order chi connectivity index (χ1) is 6.20. The lowest BCUT2D eigenvalue weighted by Crippen LogP contribution is -2.32. The minimum Gasteiger partial charge on any atom is -0.392 e. The van der Waals surface area contributed by atoms with Crippen LogP contribution in [-0.4, -0.2) is 17.3 Å². The van der Waals surface area contributed by atoms with Gasteiger partial charge < -0.3 is 10.8 Å². The molecule has 0 saturated carbocycles. The Balaban J connectivity index is 2.35. The molecular weight excluding hydrogens is 162 g/mol. The summed E-state index contributed by atoms with van der Waals surface area (Å²) in [7, 11) is 0. The third-order valence-corrected chi connectivity index (χ3v) is 2.23. The second-order valence-electron chi connectivity index (χ2n) is 3.43. The van der Waals surface area contributed by atoms with Crippen LogP contribution in [0.2, 0.25) is 0 Å². The summed E-state index contributed by atoms with van der Waals surface area (Å²) in [6, 6.07) is 10.1. The maximum atomic E-state index is 9.17. The lowest BCUT2D eigenvalue weighted by atomic mass is 10.0. The maximum absolute atomic E-state index is 9.17. The molecule has 0 aromatic heterocycles. The Hall–Kier alpha value is -0.860. The van der Waals surface area contributed by atoms with Gasteiger partial charge in [0.2, 0.25) is 0 Å². The van der Waals surface area contributed by atoms with Crippen LogP contribution in [0.3, 0.4) is 0 Å². The Morgan fingerprint density at radius 3 is 2.46 bits per heavy atom. The Morgan fingerprint density at radius 2 is 1.92 bits per heavy atom. The van der Waals surface area contributed by atoms with Gasteiger partial charge in [0, 0.05) is 6.04 Å². The van der Waals surface area contributed by atoms with Crippen molar-refractivity contribution in [2.75, 3.05) is 0 Å². The summed E-state index contributed by atoms with van der Waals surface area (Å²) in [5, 5.41) is 9.17. The Kier molecular flexibility index (Phi) is 3.93. The maximum Gasteiger partial charge on any atom is 0.0663 e. The molecule has 0 heterocycles. The second-order valence-corrected chi connectivity index (χ2v) is 3.43. The van der Waals surface area contributed by atoms with Gasteiger partial charge in [0.25, 0.3) is 0 Å². The molecule has 0 spiro atoms. The van der Waals surface area contributed by atoms with Crippen LogP contribution in [0.25, 0.3) is 0 Å². The van der Waals surface area contributed by atoms with Crippen molar-refractivity contribution in [3.8, 4) is 0 Å². The number of benzene rings is 1. The molecule has 0 saturated heterocycles. The fourth-order valence-corrected chi connectivity index (χ4v) is 1.22. The third kappa shape index (κ3) is 3.57. The zero-order valence-corrected chi connectivity index (χ0v) is 7.98. The molecule has 1 aromatic rings. The van der Waals surface area contributed by atoms with Gasteiger partial charge in [-0.05, 0) is 25.3 Å². The molecule has 2 atom stereocenters. The highest BCUT2D eigenvalue weighted by atomic mass is 16.3. The molecule has 0 radical (unpaired) electrons. The molecule has 0 amide bonds. The number of aryl methyl sites for hydroxylation is 1. The topological polar surface area (TPSA) is 46.2 Å². The van der Waals surface area contributed by atoms with Crippen molar-refractivity contribution in [2.45, 2.75) is 31.9 Å². The lowest BCUT2D eigenvalue weighted by Gasteiger charge is -2.13. The molecule has 0 bridgehead atoms. The van der Waals surface area contributed by atoms with Crippen LogP contribution in [0, 0.1) is 0 Å². The average molecular weight is 179 g/mol. The highest BCUT2D eigenvalue weighted by Crippen LogP contribution is 2.05. The van der Waals surface area contributed by atoms with Crippen molar-refractivity contribution in [3.63, 3.8) is 0 Å². The predicted octanol–water partition coefficient (Wildman–Crippen LogP) is 1.33. The number of aliphatic hydroxyl groups excluding tert-OH is 1. The van der Waals surface area contributed by atoms with Crippen LogP contribution < -0.4 is 5.73 Å². The summed E-state index contributed by atoms with van der Waals surface area (Å²) in [6.07, 6.45) is 1.36. The largest absolute Gasteiger partial charge is 0.392 e. The second kappa shape index (κ2) is 5.00. The molecule has 1 aromatic carbocycles.